The van der Waals surface area contributed by atoms with Gasteiger partial charge >= 0.3 is 5.97 Å². The standard InChI is InChI=1S/C21H21Br2N3O5S/c1-29-18-14(10-13(22)11-15(18)23)19(27)25-21(32)24-16-9-12(20(28)30-2)3-4-17(16)26-5-7-31-8-6-26/h3-4,9-11H,5-8H2,1-2H3,(H2,24,25,27,32). The maximum absolute atomic E-state index is 12.9. The van der Waals surface area contributed by atoms with Gasteiger partial charge in [0, 0.05) is 17.6 Å². The number of nitrogens with one attached hydrogen (secondary N) is 2. The van der Waals surface area contributed by atoms with E-state index in [0.29, 0.717) is 57.8 Å². The number of carbonyl (C=O) groups excluding carboxylic acids is 2. The minimum atomic E-state index is -0.472. The predicted molar refractivity (Wildman–Crippen MR) is 133 cm³/mol. The third-order valence-corrected chi connectivity index (χ3v) is 5.95. The Morgan fingerprint density at radius 3 is 2.50 bits per heavy atom. The Hall–Kier alpha value is -2.21. The molecular weight excluding hydrogens is 566 g/mol. The Labute approximate surface area is 207 Å². The molecule has 8 nitrogen and oxygen atoms in total. The summed E-state index contributed by atoms with van der Waals surface area (Å²) >= 11 is 12.1. The molecule has 1 heterocycles. The van der Waals surface area contributed by atoms with Crippen molar-refractivity contribution in [2.45, 2.75) is 0 Å². The van der Waals surface area contributed by atoms with Crippen molar-refractivity contribution in [1.82, 2.24) is 5.32 Å². The van der Waals surface area contributed by atoms with E-state index in [-0.39, 0.29) is 5.11 Å². The number of methoxy groups -OCH3 is 2. The molecule has 11 heteroatoms. The van der Waals surface area contributed by atoms with Crippen LogP contribution in [0.1, 0.15) is 20.7 Å². The second kappa shape index (κ2) is 11.1. The fourth-order valence-electron chi connectivity index (χ4n) is 3.22. The van der Waals surface area contributed by atoms with Crippen LogP contribution in [0.4, 0.5) is 11.4 Å². The number of thiocarbonyl (C=S) groups is 1. The molecule has 1 saturated heterocycles. The molecule has 1 aliphatic rings. The van der Waals surface area contributed by atoms with Gasteiger partial charge in [-0.1, -0.05) is 15.9 Å². The van der Waals surface area contributed by atoms with Gasteiger partial charge in [0.2, 0.25) is 0 Å². The molecule has 0 radical (unpaired) electrons. The summed E-state index contributed by atoms with van der Waals surface area (Å²) in [4.78, 5) is 27.0. The van der Waals surface area contributed by atoms with Gasteiger partial charge < -0.3 is 24.4 Å². The van der Waals surface area contributed by atoms with Gasteiger partial charge in [-0.2, -0.15) is 0 Å². The summed E-state index contributed by atoms with van der Waals surface area (Å²) in [5.41, 5.74) is 2.07. The molecule has 170 valence electrons. The van der Waals surface area contributed by atoms with Gasteiger partial charge in [-0.05, 0) is 58.5 Å². The van der Waals surface area contributed by atoms with E-state index in [0.717, 1.165) is 5.69 Å². The van der Waals surface area contributed by atoms with Crippen molar-refractivity contribution in [2.24, 2.45) is 0 Å². The first-order valence-corrected chi connectivity index (χ1v) is 11.5. The topological polar surface area (TPSA) is 89.1 Å². The molecule has 0 unspecified atom stereocenters. The quantitative estimate of drug-likeness (QED) is 0.402. The largest absolute Gasteiger partial charge is 0.495 e. The lowest BCUT2D eigenvalue weighted by molar-refractivity contribution is 0.0600. The van der Waals surface area contributed by atoms with Crippen LogP contribution in [0.25, 0.3) is 0 Å². The summed E-state index contributed by atoms with van der Waals surface area (Å²) in [6.45, 7) is 2.57. The Balaban J connectivity index is 1.84. The average molecular weight is 587 g/mol. The van der Waals surface area contributed by atoms with Crippen LogP contribution in [0.2, 0.25) is 0 Å². The zero-order valence-corrected chi connectivity index (χ0v) is 21.4. The monoisotopic (exact) mass is 585 g/mol. The Kier molecular flexibility index (Phi) is 8.46. The summed E-state index contributed by atoms with van der Waals surface area (Å²) in [5, 5.41) is 5.78. The van der Waals surface area contributed by atoms with Crippen LogP contribution in [-0.2, 0) is 9.47 Å². The number of rotatable bonds is 5. The van der Waals surface area contributed by atoms with Crippen LogP contribution in [0.3, 0.4) is 0 Å². The number of esters is 1. The summed E-state index contributed by atoms with van der Waals surface area (Å²) in [6.07, 6.45) is 0. The zero-order valence-electron chi connectivity index (χ0n) is 17.4. The first-order valence-electron chi connectivity index (χ1n) is 9.54. The number of hydrogen-bond acceptors (Lipinski definition) is 7. The molecule has 0 atom stereocenters. The first-order chi connectivity index (χ1) is 15.3. The van der Waals surface area contributed by atoms with Gasteiger partial charge in [-0.3, -0.25) is 10.1 Å². The van der Waals surface area contributed by atoms with Gasteiger partial charge in [-0.25, -0.2) is 4.79 Å². The Bertz CT molecular complexity index is 1040. The SMILES string of the molecule is COC(=O)c1ccc(N2CCOCC2)c(NC(=S)NC(=O)c2cc(Br)cc(Br)c2OC)c1. The predicted octanol–water partition coefficient (Wildman–Crippen LogP) is 3.97. The molecular formula is C21H21Br2N3O5S. The van der Waals surface area contributed by atoms with E-state index in [4.69, 9.17) is 26.4 Å². The maximum Gasteiger partial charge on any atom is 0.337 e. The molecule has 2 aromatic rings. The third-order valence-electron chi connectivity index (χ3n) is 4.70. The van der Waals surface area contributed by atoms with Crippen molar-refractivity contribution in [3.05, 3.63) is 50.4 Å². The van der Waals surface area contributed by atoms with Crippen LogP contribution in [0, 0.1) is 0 Å². The number of hydrogen-bond donors (Lipinski definition) is 2. The molecule has 0 aliphatic carbocycles. The fourth-order valence-corrected chi connectivity index (χ4v) is 4.81. The van der Waals surface area contributed by atoms with E-state index in [1.807, 2.05) is 6.07 Å². The summed E-state index contributed by atoms with van der Waals surface area (Å²) in [5.74, 6) is -0.533. The molecule has 2 aromatic carbocycles. The molecule has 1 aliphatic heterocycles. The number of anilines is 2. The Morgan fingerprint density at radius 1 is 1.12 bits per heavy atom. The second-order valence-electron chi connectivity index (χ2n) is 6.70. The molecule has 2 N–H and O–H groups in total. The maximum atomic E-state index is 12.9. The van der Waals surface area contributed by atoms with Crippen LogP contribution < -0.4 is 20.3 Å². The van der Waals surface area contributed by atoms with E-state index in [1.165, 1.54) is 14.2 Å². The van der Waals surface area contributed by atoms with Crippen molar-refractivity contribution >= 4 is 72.4 Å². The summed E-state index contributed by atoms with van der Waals surface area (Å²) in [7, 11) is 2.80. The minimum Gasteiger partial charge on any atom is -0.495 e. The third kappa shape index (κ3) is 5.77. The summed E-state index contributed by atoms with van der Waals surface area (Å²) < 4.78 is 16.9. The molecule has 1 amide bonds. The van der Waals surface area contributed by atoms with Gasteiger partial charge in [0.15, 0.2) is 5.11 Å². The van der Waals surface area contributed by atoms with E-state index in [9.17, 15) is 9.59 Å². The number of ether oxygens (including phenoxy) is 3. The average Bonchev–Trinajstić information content (AvgIpc) is 2.78. The lowest BCUT2D eigenvalue weighted by Gasteiger charge is -2.31. The van der Waals surface area contributed by atoms with Gasteiger partial charge in [-0.15, -0.1) is 0 Å². The molecule has 0 aromatic heterocycles. The number of morpholine rings is 1. The first kappa shape index (κ1) is 24.4. The molecule has 0 bridgehead atoms. The Morgan fingerprint density at radius 2 is 1.84 bits per heavy atom. The highest BCUT2D eigenvalue weighted by molar-refractivity contribution is 9.11. The van der Waals surface area contributed by atoms with Gasteiger partial charge in [0.25, 0.3) is 5.91 Å². The number of benzene rings is 2. The van der Waals surface area contributed by atoms with E-state index >= 15 is 0 Å². The van der Waals surface area contributed by atoms with Gasteiger partial charge in [0.05, 0.1) is 54.4 Å². The zero-order chi connectivity index (χ0) is 23.3. The van der Waals surface area contributed by atoms with E-state index in [2.05, 4.69) is 47.4 Å². The molecule has 32 heavy (non-hydrogen) atoms. The van der Waals surface area contributed by atoms with Crippen molar-refractivity contribution in [1.29, 1.82) is 0 Å². The van der Waals surface area contributed by atoms with Crippen LogP contribution in [0.15, 0.2) is 39.3 Å². The van der Waals surface area contributed by atoms with Crippen LogP contribution >= 0.6 is 44.1 Å². The highest BCUT2D eigenvalue weighted by atomic mass is 79.9. The van der Waals surface area contributed by atoms with E-state index in [1.54, 1.807) is 24.3 Å². The molecule has 0 spiro atoms. The van der Waals surface area contributed by atoms with Gasteiger partial charge in [0.1, 0.15) is 5.75 Å². The van der Waals surface area contributed by atoms with Crippen molar-refractivity contribution in [2.75, 3.05) is 50.7 Å². The molecule has 0 saturated carbocycles. The van der Waals surface area contributed by atoms with Crippen LogP contribution in [-0.4, -0.2) is 57.5 Å². The van der Waals surface area contributed by atoms with Crippen molar-refractivity contribution in [3.8, 4) is 5.75 Å². The lowest BCUT2D eigenvalue weighted by Crippen LogP contribution is -2.38. The normalized spacial score (nSPS) is 13.3. The number of halogens is 2. The second-order valence-corrected chi connectivity index (χ2v) is 8.88. The smallest absolute Gasteiger partial charge is 0.337 e. The number of amides is 1. The molecule has 1 fully saturated rings. The summed E-state index contributed by atoms with van der Waals surface area (Å²) in [6, 6.07) is 8.56. The minimum absolute atomic E-state index is 0.0738. The van der Waals surface area contributed by atoms with Crippen molar-refractivity contribution < 1.29 is 23.8 Å². The molecule has 3 rings (SSSR count). The van der Waals surface area contributed by atoms with Crippen molar-refractivity contribution in [3.63, 3.8) is 0 Å². The fraction of sp³-hybridized carbons (Fsp3) is 0.286. The van der Waals surface area contributed by atoms with E-state index < -0.39 is 11.9 Å². The number of carbonyl (C=O) groups is 2. The number of nitrogens with zero attached hydrogens (tertiary/aromatic N) is 1. The lowest BCUT2D eigenvalue weighted by atomic mass is 10.1. The van der Waals surface area contributed by atoms with Crippen LogP contribution in [0.5, 0.6) is 5.75 Å². The highest BCUT2D eigenvalue weighted by Crippen LogP contribution is 2.33. The highest BCUT2D eigenvalue weighted by Gasteiger charge is 2.20.